The third kappa shape index (κ3) is 3.02. The summed E-state index contributed by atoms with van der Waals surface area (Å²) in [7, 11) is 0. The third-order valence-corrected chi connectivity index (χ3v) is 3.13. The van der Waals surface area contributed by atoms with Crippen LogP contribution in [0.5, 0.6) is 11.6 Å². The van der Waals surface area contributed by atoms with Gasteiger partial charge >= 0.3 is 0 Å². The number of aryl methyl sites for hydroxylation is 1. The Balaban J connectivity index is 2.33. The van der Waals surface area contributed by atoms with Gasteiger partial charge in [-0.2, -0.15) is 0 Å². The normalized spacial score (nSPS) is 10.4. The maximum absolute atomic E-state index is 6.11. The smallest absolute Gasteiger partial charge is 0.223 e. The molecule has 1 aromatic heterocycles. The molecule has 0 fully saturated rings. The van der Waals surface area contributed by atoms with Crippen LogP contribution in [0.1, 0.15) is 11.1 Å². The van der Waals surface area contributed by atoms with Gasteiger partial charge in [-0.05, 0) is 46.6 Å². The first-order chi connectivity index (χ1) is 8.60. The van der Waals surface area contributed by atoms with Crippen molar-refractivity contribution >= 4 is 27.5 Å². The average Bonchev–Trinajstić information content (AvgIpc) is 2.34. The van der Waals surface area contributed by atoms with Crippen LogP contribution in [0, 0.1) is 6.92 Å². The van der Waals surface area contributed by atoms with Gasteiger partial charge in [-0.25, -0.2) is 4.98 Å². The topological polar surface area (TPSA) is 48.1 Å². The van der Waals surface area contributed by atoms with Gasteiger partial charge in [0.05, 0.1) is 5.02 Å². The first-order valence-electron chi connectivity index (χ1n) is 5.38. The van der Waals surface area contributed by atoms with Crippen molar-refractivity contribution < 1.29 is 4.74 Å². The van der Waals surface area contributed by atoms with Gasteiger partial charge < -0.3 is 10.5 Å². The summed E-state index contributed by atoms with van der Waals surface area (Å²) in [5.41, 5.74) is 7.56. The molecule has 0 unspecified atom stereocenters. The van der Waals surface area contributed by atoms with E-state index in [1.54, 1.807) is 6.20 Å². The molecule has 5 heteroatoms. The molecular formula is C13H12BrClN2O. The van der Waals surface area contributed by atoms with Crippen LogP contribution in [0.3, 0.4) is 0 Å². The molecule has 0 radical (unpaired) electrons. The minimum atomic E-state index is 0.352. The number of nitrogens with zero attached hydrogens (tertiary/aromatic N) is 1. The van der Waals surface area contributed by atoms with E-state index in [2.05, 4.69) is 20.9 Å². The van der Waals surface area contributed by atoms with Crippen LogP contribution in [0.4, 0.5) is 0 Å². The first kappa shape index (κ1) is 13.3. The van der Waals surface area contributed by atoms with Crippen molar-refractivity contribution in [3.8, 4) is 11.6 Å². The minimum absolute atomic E-state index is 0.352. The molecule has 0 atom stereocenters. The zero-order chi connectivity index (χ0) is 13.1. The molecule has 0 bridgehead atoms. The number of ether oxygens (including phenoxy) is 1. The number of rotatable bonds is 3. The van der Waals surface area contributed by atoms with E-state index in [4.69, 9.17) is 22.1 Å². The van der Waals surface area contributed by atoms with E-state index in [9.17, 15) is 0 Å². The van der Waals surface area contributed by atoms with Crippen molar-refractivity contribution in [2.45, 2.75) is 13.5 Å². The lowest BCUT2D eigenvalue weighted by atomic mass is 10.2. The Bertz CT molecular complexity index is 575. The van der Waals surface area contributed by atoms with E-state index in [0.29, 0.717) is 23.2 Å². The third-order valence-electron chi connectivity index (χ3n) is 2.41. The summed E-state index contributed by atoms with van der Waals surface area (Å²) < 4.78 is 6.56. The summed E-state index contributed by atoms with van der Waals surface area (Å²) in [6, 6.07) is 7.48. The van der Waals surface area contributed by atoms with Gasteiger partial charge in [0.25, 0.3) is 0 Å². The molecule has 0 aliphatic rings. The van der Waals surface area contributed by atoms with Gasteiger partial charge in [0, 0.05) is 22.8 Å². The fourth-order valence-electron chi connectivity index (χ4n) is 1.50. The van der Waals surface area contributed by atoms with Gasteiger partial charge in [0.1, 0.15) is 5.75 Å². The summed E-state index contributed by atoms with van der Waals surface area (Å²) in [4.78, 5) is 4.20. The van der Waals surface area contributed by atoms with E-state index in [1.165, 1.54) is 0 Å². The van der Waals surface area contributed by atoms with Crippen molar-refractivity contribution in [3.05, 3.63) is 51.1 Å². The van der Waals surface area contributed by atoms with Crippen molar-refractivity contribution in [1.29, 1.82) is 0 Å². The Kier molecular flexibility index (Phi) is 4.22. The molecule has 2 N–H and O–H groups in total. The average molecular weight is 328 g/mol. The summed E-state index contributed by atoms with van der Waals surface area (Å²) in [6.45, 7) is 2.32. The molecule has 1 heterocycles. The summed E-state index contributed by atoms with van der Waals surface area (Å²) in [5.74, 6) is 1.05. The molecule has 3 nitrogen and oxygen atoms in total. The van der Waals surface area contributed by atoms with E-state index < -0.39 is 0 Å². The molecule has 0 saturated carbocycles. The quantitative estimate of drug-likeness (QED) is 0.925. The number of benzene rings is 1. The van der Waals surface area contributed by atoms with E-state index in [1.807, 2.05) is 31.2 Å². The van der Waals surface area contributed by atoms with Crippen molar-refractivity contribution in [2.24, 2.45) is 5.73 Å². The Morgan fingerprint density at radius 1 is 1.39 bits per heavy atom. The monoisotopic (exact) mass is 326 g/mol. The second-order valence-corrected chi connectivity index (χ2v) is 5.18. The molecule has 18 heavy (non-hydrogen) atoms. The maximum atomic E-state index is 6.11. The number of halogens is 2. The van der Waals surface area contributed by atoms with E-state index in [0.717, 1.165) is 15.6 Å². The zero-order valence-corrected chi connectivity index (χ0v) is 12.1. The van der Waals surface area contributed by atoms with Crippen molar-refractivity contribution in [2.75, 3.05) is 0 Å². The number of hydrogen-bond donors (Lipinski definition) is 1. The highest BCUT2D eigenvalue weighted by atomic mass is 79.9. The van der Waals surface area contributed by atoms with Gasteiger partial charge in [-0.15, -0.1) is 0 Å². The molecule has 0 saturated heterocycles. The second kappa shape index (κ2) is 5.69. The molecule has 0 amide bonds. The fraction of sp³-hybridized carbons (Fsp3) is 0.154. The predicted molar refractivity (Wildman–Crippen MR) is 76.1 cm³/mol. The Labute approximate surface area is 119 Å². The molecule has 0 spiro atoms. The standard InChI is InChI=1S/C13H12BrClN2O/c1-8-2-3-12(11(15)4-8)18-13-9(6-16)5-10(14)7-17-13/h2-5,7H,6,16H2,1H3. The second-order valence-electron chi connectivity index (χ2n) is 3.86. The Morgan fingerprint density at radius 2 is 2.17 bits per heavy atom. The Hall–Kier alpha value is -1.10. The molecular weight excluding hydrogens is 316 g/mol. The van der Waals surface area contributed by atoms with Crippen LogP contribution in [0.2, 0.25) is 5.02 Å². The molecule has 94 valence electrons. The highest BCUT2D eigenvalue weighted by molar-refractivity contribution is 9.10. The maximum Gasteiger partial charge on any atom is 0.223 e. The number of nitrogens with two attached hydrogens (primary N) is 1. The number of hydrogen-bond acceptors (Lipinski definition) is 3. The van der Waals surface area contributed by atoms with Crippen molar-refractivity contribution in [1.82, 2.24) is 4.98 Å². The van der Waals surface area contributed by atoms with Crippen LogP contribution in [0.15, 0.2) is 34.9 Å². The largest absolute Gasteiger partial charge is 0.437 e. The lowest BCUT2D eigenvalue weighted by molar-refractivity contribution is 0.456. The Morgan fingerprint density at radius 3 is 2.83 bits per heavy atom. The summed E-state index contributed by atoms with van der Waals surface area (Å²) >= 11 is 9.46. The van der Waals surface area contributed by atoms with E-state index in [-0.39, 0.29) is 0 Å². The molecule has 2 rings (SSSR count). The molecule has 1 aromatic carbocycles. The van der Waals surface area contributed by atoms with Gasteiger partial charge in [-0.3, -0.25) is 0 Å². The fourth-order valence-corrected chi connectivity index (χ4v) is 2.15. The van der Waals surface area contributed by atoms with Crippen LogP contribution in [-0.4, -0.2) is 4.98 Å². The lowest BCUT2D eigenvalue weighted by Gasteiger charge is -2.10. The van der Waals surface area contributed by atoms with E-state index >= 15 is 0 Å². The minimum Gasteiger partial charge on any atom is -0.437 e. The first-order valence-corrected chi connectivity index (χ1v) is 6.55. The van der Waals surface area contributed by atoms with Crippen molar-refractivity contribution in [3.63, 3.8) is 0 Å². The summed E-state index contributed by atoms with van der Waals surface area (Å²) in [6.07, 6.45) is 1.66. The van der Waals surface area contributed by atoms with Gasteiger partial charge in [-0.1, -0.05) is 17.7 Å². The van der Waals surface area contributed by atoms with Crippen LogP contribution < -0.4 is 10.5 Å². The van der Waals surface area contributed by atoms with Crippen LogP contribution in [-0.2, 0) is 6.54 Å². The predicted octanol–water partition coefficient (Wildman–Crippen LogP) is 4.06. The highest BCUT2D eigenvalue weighted by Gasteiger charge is 2.09. The van der Waals surface area contributed by atoms with Gasteiger partial charge in [0.2, 0.25) is 5.88 Å². The molecule has 0 aliphatic heterocycles. The van der Waals surface area contributed by atoms with Crippen LogP contribution in [0.25, 0.3) is 0 Å². The number of aromatic nitrogens is 1. The molecule has 0 aliphatic carbocycles. The zero-order valence-electron chi connectivity index (χ0n) is 9.78. The number of pyridine rings is 1. The highest BCUT2D eigenvalue weighted by Crippen LogP contribution is 2.31. The summed E-state index contributed by atoms with van der Waals surface area (Å²) in [5, 5.41) is 0.558. The van der Waals surface area contributed by atoms with Gasteiger partial charge in [0.15, 0.2) is 0 Å². The van der Waals surface area contributed by atoms with Crippen LogP contribution >= 0.6 is 27.5 Å². The molecule has 2 aromatic rings. The lowest BCUT2D eigenvalue weighted by Crippen LogP contribution is -2.01. The SMILES string of the molecule is Cc1ccc(Oc2ncc(Br)cc2CN)c(Cl)c1.